The number of carbonyl (C=O) groups excluding carboxylic acids is 1. The molecule has 3 aromatic rings. The van der Waals surface area contributed by atoms with Crippen LogP contribution in [0.4, 0.5) is 0 Å². The minimum atomic E-state index is -0.478. The van der Waals surface area contributed by atoms with E-state index in [1.807, 2.05) is 86.6 Å². The highest BCUT2D eigenvalue weighted by molar-refractivity contribution is 5.79. The van der Waals surface area contributed by atoms with Crippen molar-refractivity contribution >= 4 is 5.97 Å². The molecular weight excluding hydrogens is 364 g/mol. The maximum absolute atomic E-state index is 12.4. The van der Waals surface area contributed by atoms with Crippen LogP contribution in [-0.2, 0) is 16.1 Å². The molecule has 4 heteroatoms. The molecule has 0 saturated carbocycles. The highest BCUT2D eigenvalue weighted by atomic mass is 16.5. The van der Waals surface area contributed by atoms with Crippen molar-refractivity contribution < 1.29 is 19.0 Å². The normalized spacial score (nSPS) is 11.6. The number of aryl methyl sites for hydroxylation is 1. The van der Waals surface area contributed by atoms with E-state index in [1.54, 1.807) is 6.92 Å². The Morgan fingerprint density at radius 3 is 2.21 bits per heavy atom. The molecule has 29 heavy (non-hydrogen) atoms. The van der Waals surface area contributed by atoms with E-state index in [0.29, 0.717) is 30.5 Å². The molecule has 0 aromatic heterocycles. The van der Waals surface area contributed by atoms with Crippen LogP contribution in [0.25, 0.3) is 0 Å². The van der Waals surface area contributed by atoms with Crippen LogP contribution in [0.2, 0.25) is 0 Å². The van der Waals surface area contributed by atoms with Crippen LogP contribution in [0, 0.1) is 6.92 Å². The van der Waals surface area contributed by atoms with Crippen LogP contribution in [0.1, 0.15) is 36.5 Å². The van der Waals surface area contributed by atoms with Gasteiger partial charge in [-0.25, -0.2) is 0 Å². The molecule has 0 aliphatic rings. The van der Waals surface area contributed by atoms with Crippen LogP contribution < -0.4 is 9.47 Å². The second kappa shape index (κ2) is 9.78. The van der Waals surface area contributed by atoms with Gasteiger partial charge in [-0.1, -0.05) is 60.7 Å². The number of hydrogen-bond acceptors (Lipinski definition) is 4. The first kappa shape index (κ1) is 20.5. The SMILES string of the molecule is CCOC(=O)C(C)c1ccc(C)c(OCc2ccccc2)c1Oc1ccccc1. The Hall–Kier alpha value is -3.27. The fraction of sp³-hybridized carbons (Fsp3) is 0.240. The topological polar surface area (TPSA) is 44.8 Å². The molecule has 0 saturated heterocycles. The van der Waals surface area contributed by atoms with Gasteiger partial charge in [-0.2, -0.15) is 0 Å². The molecule has 3 aromatic carbocycles. The molecule has 0 spiro atoms. The molecule has 1 unspecified atom stereocenters. The van der Waals surface area contributed by atoms with E-state index in [4.69, 9.17) is 14.2 Å². The van der Waals surface area contributed by atoms with Crippen molar-refractivity contribution in [1.29, 1.82) is 0 Å². The van der Waals surface area contributed by atoms with Crippen LogP contribution in [0.5, 0.6) is 17.2 Å². The summed E-state index contributed by atoms with van der Waals surface area (Å²) < 4.78 is 17.6. The smallest absolute Gasteiger partial charge is 0.313 e. The van der Waals surface area contributed by atoms with Gasteiger partial charge in [0, 0.05) is 5.56 Å². The lowest BCUT2D eigenvalue weighted by Crippen LogP contribution is -2.14. The minimum Gasteiger partial charge on any atom is -0.485 e. The Labute approximate surface area is 172 Å². The fourth-order valence-corrected chi connectivity index (χ4v) is 3.03. The summed E-state index contributed by atoms with van der Waals surface area (Å²) in [4.78, 5) is 12.4. The summed E-state index contributed by atoms with van der Waals surface area (Å²) in [5.41, 5.74) is 2.73. The van der Waals surface area contributed by atoms with E-state index >= 15 is 0 Å². The predicted molar refractivity (Wildman–Crippen MR) is 114 cm³/mol. The average molecular weight is 390 g/mol. The zero-order chi connectivity index (χ0) is 20.6. The van der Waals surface area contributed by atoms with Crippen molar-refractivity contribution in [3.8, 4) is 17.2 Å². The molecule has 0 fully saturated rings. The second-order valence-corrected chi connectivity index (χ2v) is 6.79. The average Bonchev–Trinajstić information content (AvgIpc) is 2.75. The van der Waals surface area contributed by atoms with Crippen molar-refractivity contribution in [3.63, 3.8) is 0 Å². The largest absolute Gasteiger partial charge is 0.485 e. The van der Waals surface area contributed by atoms with Gasteiger partial charge in [0.1, 0.15) is 12.4 Å². The lowest BCUT2D eigenvalue weighted by molar-refractivity contribution is -0.144. The summed E-state index contributed by atoms with van der Waals surface area (Å²) in [5.74, 6) is 1.09. The number of rotatable bonds is 8. The van der Waals surface area contributed by atoms with Crippen LogP contribution >= 0.6 is 0 Å². The molecule has 4 nitrogen and oxygen atoms in total. The lowest BCUT2D eigenvalue weighted by Gasteiger charge is -2.21. The third-order valence-corrected chi connectivity index (χ3v) is 4.64. The van der Waals surface area contributed by atoms with E-state index < -0.39 is 5.92 Å². The number of hydrogen-bond donors (Lipinski definition) is 0. The molecular formula is C25H26O4. The molecule has 3 rings (SSSR count). The lowest BCUT2D eigenvalue weighted by atomic mass is 9.98. The van der Waals surface area contributed by atoms with Gasteiger partial charge in [0.2, 0.25) is 0 Å². The first-order valence-electron chi connectivity index (χ1n) is 9.80. The Kier molecular flexibility index (Phi) is 6.90. The van der Waals surface area contributed by atoms with Gasteiger partial charge in [-0.15, -0.1) is 0 Å². The number of para-hydroxylation sites is 1. The highest BCUT2D eigenvalue weighted by Crippen LogP contribution is 2.42. The molecule has 0 radical (unpaired) electrons. The van der Waals surface area contributed by atoms with Crippen LogP contribution in [-0.4, -0.2) is 12.6 Å². The quantitative estimate of drug-likeness (QED) is 0.440. The molecule has 0 heterocycles. The van der Waals surface area contributed by atoms with Crippen molar-refractivity contribution in [1.82, 2.24) is 0 Å². The summed E-state index contributed by atoms with van der Waals surface area (Å²) >= 11 is 0. The van der Waals surface area contributed by atoms with Gasteiger partial charge in [0.05, 0.1) is 12.5 Å². The molecule has 0 bridgehead atoms. The van der Waals surface area contributed by atoms with Gasteiger partial charge in [-0.3, -0.25) is 4.79 Å². The molecule has 0 N–H and O–H groups in total. The summed E-state index contributed by atoms with van der Waals surface area (Å²) in [7, 11) is 0. The maximum atomic E-state index is 12.4. The van der Waals surface area contributed by atoms with E-state index in [9.17, 15) is 4.79 Å². The highest BCUT2D eigenvalue weighted by Gasteiger charge is 2.25. The molecule has 0 amide bonds. The summed E-state index contributed by atoms with van der Waals surface area (Å²) in [6, 6.07) is 23.3. The Morgan fingerprint density at radius 2 is 1.55 bits per heavy atom. The summed E-state index contributed by atoms with van der Waals surface area (Å²) in [5, 5.41) is 0. The number of ether oxygens (including phenoxy) is 3. The van der Waals surface area contributed by atoms with Gasteiger partial charge in [0.15, 0.2) is 11.5 Å². The van der Waals surface area contributed by atoms with E-state index in [0.717, 1.165) is 16.7 Å². The monoisotopic (exact) mass is 390 g/mol. The second-order valence-electron chi connectivity index (χ2n) is 6.79. The van der Waals surface area contributed by atoms with Gasteiger partial charge >= 0.3 is 5.97 Å². The van der Waals surface area contributed by atoms with Crippen molar-refractivity contribution in [2.24, 2.45) is 0 Å². The minimum absolute atomic E-state index is 0.289. The fourth-order valence-electron chi connectivity index (χ4n) is 3.03. The predicted octanol–water partition coefficient (Wildman–Crippen LogP) is 6.03. The molecule has 150 valence electrons. The third-order valence-electron chi connectivity index (χ3n) is 4.64. The van der Waals surface area contributed by atoms with E-state index in [1.165, 1.54) is 0 Å². The first-order valence-corrected chi connectivity index (χ1v) is 9.80. The van der Waals surface area contributed by atoms with Gasteiger partial charge in [0.25, 0.3) is 0 Å². The Bertz CT molecular complexity index is 936. The molecule has 1 atom stereocenters. The number of benzene rings is 3. The summed E-state index contributed by atoms with van der Waals surface area (Å²) in [6.45, 7) is 6.33. The Balaban J connectivity index is 2.00. The van der Waals surface area contributed by atoms with Crippen molar-refractivity contribution in [2.75, 3.05) is 6.61 Å². The zero-order valence-corrected chi connectivity index (χ0v) is 17.1. The Morgan fingerprint density at radius 1 is 0.897 bits per heavy atom. The van der Waals surface area contributed by atoms with E-state index in [-0.39, 0.29) is 5.97 Å². The zero-order valence-electron chi connectivity index (χ0n) is 17.1. The third kappa shape index (κ3) is 5.17. The number of esters is 1. The maximum Gasteiger partial charge on any atom is 0.313 e. The van der Waals surface area contributed by atoms with Crippen LogP contribution in [0.3, 0.4) is 0 Å². The van der Waals surface area contributed by atoms with Crippen molar-refractivity contribution in [2.45, 2.75) is 33.3 Å². The molecule has 0 aliphatic carbocycles. The van der Waals surface area contributed by atoms with Gasteiger partial charge in [-0.05, 0) is 44.0 Å². The van der Waals surface area contributed by atoms with Crippen LogP contribution in [0.15, 0.2) is 72.8 Å². The van der Waals surface area contributed by atoms with E-state index in [2.05, 4.69) is 0 Å². The van der Waals surface area contributed by atoms with Crippen molar-refractivity contribution in [3.05, 3.63) is 89.5 Å². The molecule has 0 aliphatic heterocycles. The number of carbonyl (C=O) groups is 1. The standard InChI is InChI=1S/C25H26O4/c1-4-27-25(26)19(3)22-16-15-18(2)23(28-17-20-11-7-5-8-12-20)24(22)29-21-13-9-6-10-14-21/h5-16,19H,4,17H2,1-3H3. The van der Waals surface area contributed by atoms with Gasteiger partial charge < -0.3 is 14.2 Å². The first-order chi connectivity index (χ1) is 14.1. The summed E-state index contributed by atoms with van der Waals surface area (Å²) in [6.07, 6.45) is 0.